The summed E-state index contributed by atoms with van der Waals surface area (Å²) in [4.78, 5) is 18.5. The summed E-state index contributed by atoms with van der Waals surface area (Å²) in [7, 11) is 5.00. The lowest BCUT2D eigenvalue weighted by Crippen LogP contribution is -2.48. The predicted octanol–water partition coefficient (Wildman–Crippen LogP) is 2.05. The Hall–Kier alpha value is -2.44. The minimum Gasteiger partial charge on any atom is -0.493 e. The Labute approximate surface area is 155 Å². The molecule has 0 bridgehead atoms. The third-order valence-corrected chi connectivity index (χ3v) is 4.47. The zero-order chi connectivity index (χ0) is 18.9. The lowest BCUT2D eigenvalue weighted by molar-refractivity contribution is -0.149. The molecule has 7 heteroatoms. The number of aliphatic imine (C=N–C) groups is 1. The van der Waals surface area contributed by atoms with Gasteiger partial charge in [0.15, 0.2) is 17.5 Å². The quantitative estimate of drug-likeness (QED) is 0.474. The summed E-state index contributed by atoms with van der Waals surface area (Å²) in [5.74, 6) is 1.95. The fraction of sp³-hybridized carbons (Fsp3) is 0.579. The molecule has 0 radical (unpaired) electrons. The van der Waals surface area contributed by atoms with Crippen LogP contribution < -0.4 is 14.8 Å². The van der Waals surface area contributed by atoms with Crippen molar-refractivity contribution in [3.8, 4) is 11.5 Å². The van der Waals surface area contributed by atoms with Crippen LogP contribution in [0.4, 0.5) is 0 Å². The minimum absolute atomic E-state index is 0.103. The molecule has 144 valence electrons. The van der Waals surface area contributed by atoms with Crippen molar-refractivity contribution in [2.75, 3.05) is 41.0 Å². The molecule has 1 aliphatic heterocycles. The summed E-state index contributed by atoms with van der Waals surface area (Å²) in [5.41, 5.74) is 0.979. The van der Waals surface area contributed by atoms with Gasteiger partial charge in [0.2, 0.25) is 0 Å². The van der Waals surface area contributed by atoms with E-state index in [1.54, 1.807) is 21.3 Å². The first kappa shape index (κ1) is 19.9. The van der Waals surface area contributed by atoms with Gasteiger partial charge in [0.25, 0.3) is 0 Å². The van der Waals surface area contributed by atoms with Gasteiger partial charge in [0, 0.05) is 32.2 Å². The molecule has 1 aromatic carbocycles. The van der Waals surface area contributed by atoms with Crippen LogP contribution in [0.25, 0.3) is 0 Å². The van der Waals surface area contributed by atoms with E-state index in [2.05, 4.69) is 15.2 Å². The van der Waals surface area contributed by atoms with Gasteiger partial charge in [0.05, 0.1) is 26.7 Å². The number of nitrogens with zero attached hydrogens (tertiary/aromatic N) is 2. The van der Waals surface area contributed by atoms with Gasteiger partial charge < -0.3 is 24.4 Å². The van der Waals surface area contributed by atoms with Gasteiger partial charge in [-0.15, -0.1) is 0 Å². The molecular weight excluding hydrogens is 334 g/mol. The monoisotopic (exact) mass is 363 g/mol. The van der Waals surface area contributed by atoms with Gasteiger partial charge in [-0.25, -0.2) is 0 Å². The van der Waals surface area contributed by atoms with Gasteiger partial charge in [0.1, 0.15) is 0 Å². The van der Waals surface area contributed by atoms with E-state index in [1.165, 1.54) is 0 Å². The number of piperidine rings is 1. The normalized spacial score (nSPS) is 17.6. The second-order valence-electron chi connectivity index (χ2n) is 6.09. The second-order valence-corrected chi connectivity index (χ2v) is 6.09. The van der Waals surface area contributed by atoms with Crippen molar-refractivity contribution in [3.63, 3.8) is 0 Å². The highest BCUT2D eigenvalue weighted by atomic mass is 16.5. The van der Waals surface area contributed by atoms with Gasteiger partial charge in [-0.05, 0) is 25.8 Å². The summed E-state index contributed by atoms with van der Waals surface area (Å²) in [6.07, 6.45) is 1.79. The lowest BCUT2D eigenvalue weighted by atomic mass is 9.98. The first-order valence-electron chi connectivity index (χ1n) is 8.96. The highest BCUT2D eigenvalue weighted by molar-refractivity contribution is 5.81. The average Bonchev–Trinajstić information content (AvgIpc) is 2.68. The summed E-state index contributed by atoms with van der Waals surface area (Å²) in [5, 5.41) is 3.36. The Morgan fingerprint density at radius 3 is 2.81 bits per heavy atom. The van der Waals surface area contributed by atoms with Crippen LogP contribution in [-0.2, 0) is 16.1 Å². The van der Waals surface area contributed by atoms with E-state index in [9.17, 15) is 4.79 Å². The largest absolute Gasteiger partial charge is 0.493 e. The molecule has 1 N–H and O–H groups in total. The number of carbonyl (C=O) groups excluding carboxylic acids is 1. The minimum atomic E-state index is -0.123. The third-order valence-electron chi connectivity index (χ3n) is 4.47. The van der Waals surface area contributed by atoms with Crippen LogP contribution in [0.15, 0.2) is 23.2 Å². The maximum Gasteiger partial charge on any atom is 0.310 e. The van der Waals surface area contributed by atoms with Crippen LogP contribution in [0.2, 0.25) is 0 Å². The van der Waals surface area contributed by atoms with Gasteiger partial charge in [-0.1, -0.05) is 12.1 Å². The maximum absolute atomic E-state index is 12.0. The summed E-state index contributed by atoms with van der Waals surface area (Å²) in [6.45, 7) is 4.28. The van der Waals surface area contributed by atoms with E-state index >= 15 is 0 Å². The molecule has 0 saturated carbocycles. The number of carbonyl (C=O) groups is 1. The van der Waals surface area contributed by atoms with Gasteiger partial charge in [-0.3, -0.25) is 9.79 Å². The van der Waals surface area contributed by atoms with E-state index in [0.29, 0.717) is 31.2 Å². The fourth-order valence-electron chi connectivity index (χ4n) is 3.22. The number of para-hydroxylation sites is 1. The van der Waals surface area contributed by atoms with Crippen molar-refractivity contribution in [3.05, 3.63) is 23.8 Å². The Balaban J connectivity index is 2.03. The first-order chi connectivity index (χ1) is 12.6. The molecule has 1 aromatic rings. The second kappa shape index (κ2) is 9.89. The number of guanidine groups is 1. The Kier molecular flexibility index (Phi) is 7.56. The molecule has 1 heterocycles. The van der Waals surface area contributed by atoms with Crippen LogP contribution in [-0.4, -0.2) is 57.8 Å². The zero-order valence-electron chi connectivity index (χ0n) is 16.1. The molecule has 1 saturated heterocycles. The van der Waals surface area contributed by atoms with Crippen LogP contribution in [0.3, 0.4) is 0 Å². The van der Waals surface area contributed by atoms with Crippen LogP contribution in [0.1, 0.15) is 25.3 Å². The maximum atomic E-state index is 12.0. The van der Waals surface area contributed by atoms with E-state index in [4.69, 9.17) is 14.2 Å². The molecular formula is C19H29N3O4. The van der Waals surface area contributed by atoms with Crippen molar-refractivity contribution in [2.24, 2.45) is 10.9 Å². The zero-order valence-corrected chi connectivity index (χ0v) is 16.1. The number of esters is 1. The molecule has 0 aromatic heterocycles. The van der Waals surface area contributed by atoms with Crippen molar-refractivity contribution in [2.45, 2.75) is 26.3 Å². The van der Waals surface area contributed by atoms with Gasteiger partial charge in [-0.2, -0.15) is 0 Å². The summed E-state index contributed by atoms with van der Waals surface area (Å²) in [6, 6.07) is 5.78. The first-order valence-corrected chi connectivity index (χ1v) is 8.96. The van der Waals surface area contributed by atoms with Crippen molar-refractivity contribution < 1.29 is 19.0 Å². The SMILES string of the molecule is CCOC(=O)C1CCCN(C(=NC)NCc2cccc(OC)c2OC)C1. The predicted molar refractivity (Wildman–Crippen MR) is 101 cm³/mol. The van der Waals surface area contributed by atoms with Crippen molar-refractivity contribution in [1.29, 1.82) is 0 Å². The van der Waals surface area contributed by atoms with Gasteiger partial charge >= 0.3 is 5.97 Å². The topological polar surface area (TPSA) is 72.4 Å². The van der Waals surface area contributed by atoms with Crippen LogP contribution >= 0.6 is 0 Å². The molecule has 0 aliphatic carbocycles. The number of nitrogens with one attached hydrogen (secondary N) is 1. The smallest absolute Gasteiger partial charge is 0.310 e. The number of hydrogen-bond donors (Lipinski definition) is 1. The molecule has 26 heavy (non-hydrogen) atoms. The molecule has 0 spiro atoms. The molecule has 1 unspecified atom stereocenters. The lowest BCUT2D eigenvalue weighted by Gasteiger charge is -2.34. The Bertz CT molecular complexity index is 633. The number of methoxy groups -OCH3 is 2. The number of benzene rings is 1. The van der Waals surface area contributed by atoms with Crippen molar-refractivity contribution >= 4 is 11.9 Å². The van der Waals surface area contributed by atoms with E-state index in [-0.39, 0.29) is 11.9 Å². The standard InChI is InChI=1S/C19H29N3O4/c1-5-26-18(23)15-9-7-11-22(13-15)19(20-2)21-12-14-8-6-10-16(24-3)17(14)25-4/h6,8,10,15H,5,7,9,11-13H2,1-4H3,(H,20,21). The average molecular weight is 363 g/mol. The van der Waals surface area contributed by atoms with E-state index in [1.807, 2.05) is 25.1 Å². The number of likely N-dealkylation sites (tertiary alicyclic amines) is 1. The Morgan fingerprint density at radius 2 is 2.15 bits per heavy atom. The van der Waals surface area contributed by atoms with Crippen molar-refractivity contribution in [1.82, 2.24) is 10.2 Å². The Morgan fingerprint density at radius 1 is 1.35 bits per heavy atom. The molecule has 0 amide bonds. The van der Waals surface area contributed by atoms with E-state index < -0.39 is 0 Å². The number of hydrogen-bond acceptors (Lipinski definition) is 5. The summed E-state index contributed by atoms with van der Waals surface area (Å²) >= 11 is 0. The highest BCUT2D eigenvalue weighted by Crippen LogP contribution is 2.30. The number of rotatable bonds is 6. The molecule has 2 rings (SSSR count). The summed E-state index contributed by atoms with van der Waals surface area (Å²) < 4.78 is 16.0. The highest BCUT2D eigenvalue weighted by Gasteiger charge is 2.28. The molecule has 1 atom stereocenters. The van der Waals surface area contributed by atoms with Crippen LogP contribution in [0.5, 0.6) is 11.5 Å². The molecule has 1 aliphatic rings. The number of ether oxygens (including phenoxy) is 3. The molecule has 7 nitrogen and oxygen atoms in total. The van der Waals surface area contributed by atoms with Crippen LogP contribution in [0, 0.1) is 5.92 Å². The third kappa shape index (κ3) is 4.80. The van der Waals surface area contributed by atoms with E-state index in [0.717, 1.165) is 30.9 Å². The fourth-order valence-corrected chi connectivity index (χ4v) is 3.22. The molecule has 1 fully saturated rings.